The fourth-order valence-electron chi connectivity index (χ4n) is 3.52. The average molecular weight is 538 g/mol. The summed E-state index contributed by atoms with van der Waals surface area (Å²) < 4.78 is 21.9. The number of esters is 2. The first-order valence-electron chi connectivity index (χ1n) is 12.5. The second-order valence-corrected chi connectivity index (χ2v) is 12.8. The third kappa shape index (κ3) is 9.45. The third-order valence-corrected chi connectivity index (χ3v) is 7.11. The van der Waals surface area contributed by atoms with Crippen LogP contribution < -0.4 is 9.47 Å². The molecule has 38 heavy (non-hydrogen) atoms. The van der Waals surface area contributed by atoms with Crippen LogP contribution in [0.5, 0.6) is 11.5 Å². The molecule has 0 spiro atoms. The normalized spacial score (nSPS) is 11.7. The molecule has 6 nitrogen and oxygen atoms in total. The van der Waals surface area contributed by atoms with E-state index in [1.807, 2.05) is 90.1 Å². The van der Waals surface area contributed by atoms with Crippen molar-refractivity contribution in [1.29, 1.82) is 0 Å². The monoisotopic (exact) mass is 537 g/mol. The summed E-state index contributed by atoms with van der Waals surface area (Å²) in [7, 11) is -0.388. The molecule has 0 saturated carbocycles. The van der Waals surface area contributed by atoms with Gasteiger partial charge in [-0.25, -0.2) is 9.59 Å². The zero-order valence-corrected chi connectivity index (χ0v) is 24.0. The number of carbonyl (C=O) groups is 2. The lowest BCUT2D eigenvalue weighted by Crippen LogP contribution is -2.27. The Morgan fingerprint density at radius 1 is 0.632 bits per heavy atom. The highest BCUT2D eigenvalue weighted by atomic mass is 32.2. The predicted molar refractivity (Wildman–Crippen MR) is 149 cm³/mol. The van der Waals surface area contributed by atoms with Crippen LogP contribution in [-0.4, -0.2) is 36.4 Å². The number of hydrogen-bond donors (Lipinski definition) is 0. The first kappa shape index (κ1) is 29.1. The maximum Gasteiger partial charge on any atom is 0.344 e. The van der Waals surface area contributed by atoms with E-state index in [2.05, 4.69) is 31.2 Å². The van der Waals surface area contributed by atoms with E-state index in [9.17, 15) is 9.59 Å². The van der Waals surface area contributed by atoms with Crippen LogP contribution in [-0.2, 0) is 30.0 Å². The Bertz CT molecular complexity index is 1150. The van der Waals surface area contributed by atoms with E-state index in [-0.39, 0.29) is 24.1 Å². The van der Waals surface area contributed by atoms with Crippen LogP contribution >= 0.6 is 0 Å². The molecular formula is C31H37O6S+. The van der Waals surface area contributed by atoms with Crippen molar-refractivity contribution in [2.45, 2.75) is 74.4 Å². The van der Waals surface area contributed by atoms with Gasteiger partial charge in [0.05, 0.1) is 10.9 Å². The van der Waals surface area contributed by atoms with E-state index >= 15 is 0 Å². The fraction of sp³-hybridized carbons (Fsp3) is 0.355. The van der Waals surface area contributed by atoms with Gasteiger partial charge >= 0.3 is 11.9 Å². The zero-order valence-electron chi connectivity index (χ0n) is 23.2. The summed E-state index contributed by atoms with van der Waals surface area (Å²) in [5.41, 5.74) is 0.0700. The van der Waals surface area contributed by atoms with Crippen molar-refractivity contribution >= 4 is 22.8 Å². The summed E-state index contributed by atoms with van der Waals surface area (Å²) in [6.07, 6.45) is 0. The molecule has 0 heterocycles. The van der Waals surface area contributed by atoms with E-state index in [1.54, 1.807) is 0 Å². The molecule has 0 aliphatic carbocycles. The standard InChI is InChI=1S/C31H37O6S/c1-22-9-8-10-27(19-22)38(25-15-11-23(12-16-25)34-20-28(32)36-30(2,3)4)26-17-13-24(14-18-26)35-21-29(33)37-31(5,6)7/h8-19H,20-21H2,1-7H3/q+1. The number of hydrogen-bond acceptors (Lipinski definition) is 6. The maximum atomic E-state index is 12.0. The van der Waals surface area contributed by atoms with Crippen LogP contribution in [0.2, 0.25) is 0 Å². The highest BCUT2D eigenvalue weighted by molar-refractivity contribution is 7.97. The van der Waals surface area contributed by atoms with Gasteiger partial charge in [-0.2, -0.15) is 0 Å². The SMILES string of the molecule is Cc1cccc([S+](c2ccc(OCC(=O)OC(C)(C)C)cc2)c2ccc(OCC(=O)OC(C)(C)C)cc2)c1. The van der Waals surface area contributed by atoms with Gasteiger partial charge in [0.15, 0.2) is 27.9 Å². The number of benzene rings is 3. The van der Waals surface area contributed by atoms with Gasteiger partial charge in [-0.15, -0.1) is 0 Å². The number of carbonyl (C=O) groups excluding carboxylic acids is 2. The molecule has 0 atom stereocenters. The molecule has 0 radical (unpaired) electrons. The number of rotatable bonds is 9. The number of aryl methyl sites for hydroxylation is 1. The summed E-state index contributed by atoms with van der Waals surface area (Å²) >= 11 is 0. The summed E-state index contributed by atoms with van der Waals surface area (Å²) in [4.78, 5) is 27.4. The molecule has 0 fully saturated rings. The van der Waals surface area contributed by atoms with Gasteiger partial charge in [-0.1, -0.05) is 12.1 Å². The minimum atomic E-state index is -0.553. The van der Waals surface area contributed by atoms with Gasteiger partial charge in [0.1, 0.15) is 22.7 Å². The lowest BCUT2D eigenvalue weighted by atomic mass is 10.2. The molecule has 0 N–H and O–H groups in total. The van der Waals surface area contributed by atoms with Crippen LogP contribution in [0.25, 0.3) is 0 Å². The quantitative estimate of drug-likeness (QED) is 0.228. The molecule has 202 valence electrons. The van der Waals surface area contributed by atoms with Crippen LogP contribution in [0.15, 0.2) is 87.5 Å². The van der Waals surface area contributed by atoms with Gasteiger partial charge in [0.25, 0.3) is 0 Å². The molecule has 7 heteroatoms. The third-order valence-electron chi connectivity index (χ3n) is 4.90. The molecule has 0 saturated heterocycles. The minimum absolute atomic E-state index is 0.148. The summed E-state index contributed by atoms with van der Waals surface area (Å²) in [6, 6.07) is 24.0. The van der Waals surface area contributed by atoms with Crippen molar-refractivity contribution in [2.24, 2.45) is 0 Å². The topological polar surface area (TPSA) is 71.1 Å². The Morgan fingerprint density at radius 3 is 1.42 bits per heavy atom. The summed E-state index contributed by atoms with van der Waals surface area (Å²) in [5, 5.41) is 0. The van der Waals surface area contributed by atoms with Gasteiger partial charge in [-0.05, 0) is 115 Å². The van der Waals surface area contributed by atoms with E-state index in [0.717, 1.165) is 9.79 Å². The molecule has 3 aromatic carbocycles. The molecule has 0 aliphatic rings. The zero-order chi connectivity index (χ0) is 27.9. The van der Waals surface area contributed by atoms with Crippen LogP contribution in [0.3, 0.4) is 0 Å². The Balaban J connectivity index is 1.77. The van der Waals surface area contributed by atoms with E-state index in [4.69, 9.17) is 18.9 Å². The molecule has 0 aromatic heterocycles. The van der Waals surface area contributed by atoms with Crippen LogP contribution in [0.1, 0.15) is 47.1 Å². The second-order valence-electron chi connectivity index (χ2n) is 10.8. The highest BCUT2D eigenvalue weighted by Crippen LogP contribution is 2.33. The van der Waals surface area contributed by atoms with Crippen molar-refractivity contribution in [3.05, 3.63) is 78.4 Å². The van der Waals surface area contributed by atoms with Crippen LogP contribution in [0, 0.1) is 6.92 Å². The van der Waals surface area contributed by atoms with Crippen molar-refractivity contribution in [3.63, 3.8) is 0 Å². The lowest BCUT2D eigenvalue weighted by Gasteiger charge is -2.19. The molecule has 0 bridgehead atoms. The van der Waals surface area contributed by atoms with Crippen molar-refractivity contribution in [2.75, 3.05) is 13.2 Å². The smallest absolute Gasteiger partial charge is 0.344 e. The van der Waals surface area contributed by atoms with Gasteiger partial charge in [-0.3, -0.25) is 0 Å². The Morgan fingerprint density at radius 2 is 1.05 bits per heavy atom. The predicted octanol–water partition coefficient (Wildman–Crippen LogP) is 6.53. The average Bonchev–Trinajstić information content (AvgIpc) is 2.81. The maximum absolute atomic E-state index is 12.0. The molecule has 3 rings (SSSR count). The molecule has 0 aliphatic heterocycles. The van der Waals surface area contributed by atoms with E-state index in [0.29, 0.717) is 11.5 Å². The first-order valence-corrected chi connectivity index (χ1v) is 13.7. The van der Waals surface area contributed by atoms with Gasteiger partial charge in [0.2, 0.25) is 0 Å². The summed E-state index contributed by atoms with van der Waals surface area (Å²) in [5.74, 6) is 0.377. The Labute approximate surface area is 228 Å². The van der Waals surface area contributed by atoms with Crippen molar-refractivity contribution in [3.8, 4) is 11.5 Å². The molecule has 0 amide bonds. The van der Waals surface area contributed by atoms with E-state index in [1.165, 1.54) is 10.5 Å². The first-order chi connectivity index (χ1) is 17.8. The highest BCUT2D eigenvalue weighted by Gasteiger charge is 2.29. The fourth-order valence-corrected chi connectivity index (χ4v) is 5.67. The van der Waals surface area contributed by atoms with E-state index < -0.39 is 23.1 Å². The van der Waals surface area contributed by atoms with Crippen LogP contribution in [0.4, 0.5) is 0 Å². The van der Waals surface area contributed by atoms with Crippen molar-refractivity contribution < 1.29 is 28.5 Å². The van der Waals surface area contributed by atoms with Gasteiger partial charge < -0.3 is 18.9 Å². The second kappa shape index (κ2) is 12.4. The Kier molecular flexibility index (Phi) is 9.50. The largest absolute Gasteiger partial charge is 0.482 e. The molecular weight excluding hydrogens is 500 g/mol. The molecule has 3 aromatic rings. The van der Waals surface area contributed by atoms with Gasteiger partial charge in [0, 0.05) is 0 Å². The molecule has 0 unspecified atom stereocenters. The number of ether oxygens (including phenoxy) is 4. The van der Waals surface area contributed by atoms with Crippen molar-refractivity contribution in [1.82, 2.24) is 0 Å². The minimum Gasteiger partial charge on any atom is -0.482 e. The Hall–Kier alpha value is -3.45. The summed E-state index contributed by atoms with van der Waals surface area (Å²) in [6.45, 7) is 12.7. The lowest BCUT2D eigenvalue weighted by molar-refractivity contribution is -0.158.